The Morgan fingerprint density at radius 1 is 1.40 bits per heavy atom. The second-order valence-electron chi connectivity index (χ2n) is 3.66. The molecular weight excluding hydrogens is 198 g/mol. The van der Waals surface area contributed by atoms with Crippen LogP contribution in [-0.2, 0) is 4.79 Å². The van der Waals surface area contributed by atoms with Gasteiger partial charge in [0, 0.05) is 19.6 Å². The second-order valence-corrected chi connectivity index (χ2v) is 3.66. The summed E-state index contributed by atoms with van der Waals surface area (Å²) >= 11 is 0. The standard InChI is InChI=1S/C9H17N3O3/c10-7(8(13)14)3-4-11-9(15)12-5-1-2-6-12/h7H,1-6,10H2,(H,11,15)(H,13,14). The number of hydrogen-bond donors (Lipinski definition) is 3. The fourth-order valence-electron chi connectivity index (χ4n) is 1.49. The van der Waals surface area contributed by atoms with E-state index in [2.05, 4.69) is 5.32 Å². The summed E-state index contributed by atoms with van der Waals surface area (Å²) in [7, 11) is 0. The average Bonchev–Trinajstić information content (AvgIpc) is 2.70. The smallest absolute Gasteiger partial charge is 0.320 e. The van der Waals surface area contributed by atoms with Gasteiger partial charge < -0.3 is 21.1 Å². The van der Waals surface area contributed by atoms with Crippen LogP contribution in [0.2, 0.25) is 0 Å². The summed E-state index contributed by atoms with van der Waals surface area (Å²) in [5.74, 6) is -1.04. The van der Waals surface area contributed by atoms with Crippen molar-refractivity contribution in [2.24, 2.45) is 5.73 Å². The lowest BCUT2D eigenvalue weighted by molar-refractivity contribution is -0.138. The van der Waals surface area contributed by atoms with Crippen molar-refractivity contribution < 1.29 is 14.7 Å². The van der Waals surface area contributed by atoms with Gasteiger partial charge in [-0.2, -0.15) is 0 Å². The van der Waals surface area contributed by atoms with Crippen LogP contribution in [0, 0.1) is 0 Å². The maximum absolute atomic E-state index is 11.4. The molecule has 1 atom stereocenters. The van der Waals surface area contributed by atoms with Gasteiger partial charge in [0.1, 0.15) is 6.04 Å². The third-order valence-corrected chi connectivity index (χ3v) is 2.44. The number of carbonyl (C=O) groups is 2. The zero-order chi connectivity index (χ0) is 11.3. The molecule has 6 heteroatoms. The first-order valence-corrected chi connectivity index (χ1v) is 5.12. The number of carboxylic acids is 1. The molecule has 1 fully saturated rings. The number of rotatable bonds is 4. The number of hydrogen-bond acceptors (Lipinski definition) is 3. The Kier molecular flexibility index (Phi) is 4.36. The minimum atomic E-state index is -1.04. The van der Waals surface area contributed by atoms with E-state index in [1.807, 2.05) is 0 Å². The Bertz CT molecular complexity index is 239. The Balaban J connectivity index is 2.14. The molecule has 1 aliphatic heterocycles. The molecule has 86 valence electrons. The maximum Gasteiger partial charge on any atom is 0.320 e. The fourth-order valence-corrected chi connectivity index (χ4v) is 1.49. The highest BCUT2D eigenvalue weighted by atomic mass is 16.4. The number of carbonyl (C=O) groups excluding carboxylic acids is 1. The van der Waals surface area contributed by atoms with Crippen molar-refractivity contribution in [2.45, 2.75) is 25.3 Å². The number of nitrogens with zero attached hydrogens (tertiary/aromatic N) is 1. The number of nitrogens with one attached hydrogen (secondary N) is 1. The van der Waals surface area contributed by atoms with Crippen LogP contribution in [0.4, 0.5) is 4.79 Å². The van der Waals surface area contributed by atoms with Crippen molar-refractivity contribution in [3.8, 4) is 0 Å². The molecular formula is C9H17N3O3. The van der Waals surface area contributed by atoms with Crippen molar-refractivity contribution in [3.63, 3.8) is 0 Å². The molecule has 0 radical (unpaired) electrons. The number of nitrogens with two attached hydrogens (primary N) is 1. The molecule has 0 aromatic carbocycles. The van der Waals surface area contributed by atoms with Crippen molar-refractivity contribution >= 4 is 12.0 Å². The molecule has 4 N–H and O–H groups in total. The van der Waals surface area contributed by atoms with Gasteiger partial charge in [0.2, 0.25) is 0 Å². The van der Waals surface area contributed by atoms with E-state index >= 15 is 0 Å². The number of aliphatic carboxylic acids is 1. The first-order chi connectivity index (χ1) is 7.11. The molecule has 0 aromatic rings. The quantitative estimate of drug-likeness (QED) is 0.594. The highest BCUT2D eigenvalue weighted by molar-refractivity contribution is 5.75. The van der Waals surface area contributed by atoms with Crippen molar-refractivity contribution in [2.75, 3.05) is 19.6 Å². The third-order valence-electron chi connectivity index (χ3n) is 2.44. The van der Waals surface area contributed by atoms with Gasteiger partial charge in [0.15, 0.2) is 0 Å². The highest BCUT2D eigenvalue weighted by Crippen LogP contribution is 2.06. The number of carboxylic acid groups (broad SMARTS) is 1. The molecule has 0 aromatic heterocycles. The monoisotopic (exact) mass is 215 g/mol. The van der Waals surface area contributed by atoms with Crippen LogP contribution in [0.1, 0.15) is 19.3 Å². The molecule has 0 bridgehead atoms. The van der Waals surface area contributed by atoms with Crippen LogP contribution in [0.3, 0.4) is 0 Å². The van der Waals surface area contributed by atoms with Gasteiger partial charge in [-0.25, -0.2) is 4.79 Å². The highest BCUT2D eigenvalue weighted by Gasteiger charge is 2.18. The van der Waals surface area contributed by atoms with Crippen LogP contribution in [0.25, 0.3) is 0 Å². The number of amides is 2. The van der Waals surface area contributed by atoms with Gasteiger partial charge >= 0.3 is 12.0 Å². The van der Waals surface area contributed by atoms with Crippen LogP contribution in [0.5, 0.6) is 0 Å². The van der Waals surface area contributed by atoms with Crippen LogP contribution < -0.4 is 11.1 Å². The number of likely N-dealkylation sites (tertiary alicyclic amines) is 1. The summed E-state index contributed by atoms with van der Waals surface area (Å²) < 4.78 is 0. The lowest BCUT2D eigenvalue weighted by Gasteiger charge is -2.16. The summed E-state index contributed by atoms with van der Waals surface area (Å²) in [4.78, 5) is 23.5. The molecule has 1 unspecified atom stereocenters. The molecule has 15 heavy (non-hydrogen) atoms. The molecule has 0 saturated carbocycles. The normalized spacial score (nSPS) is 17.5. The first-order valence-electron chi connectivity index (χ1n) is 5.12. The SMILES string of the molecule is NC(CCNC(=O)N1CCCC1)C(=O)O. The van der Waals surface area contributed by atoms with E-state index in [-0.39, 0.29) is 12.5 Å². The minimum absolute atomic E-state index is 0.120. The first kappa shape index (κ1) is 11.8. The van der Waals surface area contributed by atoms with Gasteiger partial charge in [-0.3, -0.25) is 4.79 Å². The molecule has 1 rings (SSSR count). The Hall–Kier alpha value is -1.30. The van der Waals surface area contributed by atoms with E-state index in [4.69, 9.17) is 10.8 Å². The van der Waals surface area contributed by atoms with Gasteiger partial charge in [0.05, 0.1) is 0 Å². The lowest BCUT2D eigenvalue weighted by Crippen LogP contribution is -2.41. The van der Waals surface area contributed by atoms with Gasteiger partial charge in [-0.1, -0.05) is 0 Å². The van der Waals surface area contributed by atoms with E-state index in [1.165, 1.54) is 0 Å². The van der Waals surface area contributed by atoms with Gasteiger partial charge in [0.25, 0.3) is 0 Å². The summed E-state index contributed by atoms with van der Waals surface area (Å²) in [6.45, 7) is 1.89. The minimum Gasteiger partial charge on any atom is -0.480 e. The van der Waals surface area contributed by atoms with Crippen molar-refractivity contribution in [1.29, 1.82) is 0 Å². The van der Waals surface area contributed by atoms with Crippen LogP contribution in [0.15, 0.2) is 0 Å². The Morgan fingerprint density at radius 3 is 2.53 bits per heavy atom. The summed E-state index contributed by atoms with van der Waals surface area (Å²) in [6, 6.07) is -1.02. The second kappa shape index (κ2) is 5.55. The maximum atomic E-state index is 11.4. The molecule has 0 spiro atoms. The average molecular weight is 215 g/mol. The summed E-state index contributed by atoms with van der Waals surface area (Å²) in [5.41, 5.74) is 5.29. The molecule has 1 saturated heterocycles. The molecule has 6 nitrogen and oxygen atoms in total. The topological polar surface area (TPSA) is 95.7 Å². The van der Waals surface area contributed by atoms with Crippen LogP contribution >= 0.6 is 0 Å². The summed E-state index contributed by atoms with van der Waals surface area (Å²) in [6.07, 6.45) is 2.35. The fraction of sp³-hybridized carbons (Fsp3) is 0.778. The lowest BCUT2D eigenvalue weighted by atomic mass is 10.2. The predicted molar refractivity (Wildman–Crippen MR) is 54.4 cm³/mol. The van der Waals surface area contributed by atoms with E-state index in [0.717, 1.165) is 25.9 Å². The molecule has 1 heterocycles. The van der Waals surface area contributed by atoms with Gasteiger partial charge in [-0.15, -0.1) is 0 Å². The van der Waals surface area contributed by atoms with E-state index in [1.54, 1.807) is 4.90 Å². The molecule has 0 aliphatic carbocycles. The molecule has 1 aliphatic rings. The Labute approximate surface area is 88.4 Å². The number of urea groups is 1. The van der Waals surface area contributed by atoms with E-state index in [0.29, 0.717) is 6.54 Å². The van der Waals surface area contributed by atoms with Crippen molar-refractivity contribution in [1.82, 2.24) is 10.2 Å². The summed E-state index contributed by atoms with van der Waals surface area (Å²) in [5, 5.41) is 11.2. The third kappa shape index (κ3) is 3.75. The molecule has 2 amide bonds. The predicted octanol–water partition coefficient (Wildman–Crippen LogP) is -0.406. The van der Waals surface area contributed by atoms with E-state index < -0.39 is 12.0 Å². The Morgan fingerprint density at radius 2 is 2.00 bits per heavy atom. The zero-order valence-electron chi connectivity index (χ0n) is 8.61. The van der Waals surface area contributed by atoms with Crippen LogP contribution in [-0.4, -0.2) is 47.7 Å². The largest absolute Gasteiger partial charge is 0.480 e. The zero-order valence-corrected chi connectivity index (χ0v) is 8.61. The van der Waals surface area contributed by atoms with Crippen molar-refractivity contribution in [3.05, 3.63) is 0 Å². The van der Waals surface area contributed by atoms with Gasteiger partial charge in [-0.05, 0) is 19.3 Å². The van der Waals surface area contributed by atoms with E-state index in [9.17, 15) is 9.59 Å².